The summed E-state index contributed by atoms with van der Waals surface area (Å²) in [7, 11) is 26.5. The van der Waals surface area contributed by atoms with E-state index in [4.69, 9.17) is 46.2 Å². The molecule has 1 aliphatic heterocycles. The van der Waals surface area contributed by atoms with Gasteiger partial charge in [-0.15, -0.1) is 11.8 Å². The van der Waals surface area contributed by atoms with Crippen LogP contribution in [0.4, 0.5) is 10.2 Å². The maximum Gasteiger partial charge on any atom is 0.271 e. The Labute approximate surface area is 286 Å². The van der Waals surface area contributed by atoms with Crippen molar-refractivity contribution in [2.24, 2.45) is 0 Å². The Bertz CT molecular complexity index is 1740. The Morgan fingerprint density at radius 3 is 2.58 bits per heavy atom. The standard InChI is InChI=1S/C29H26B5FN5O3S.W/c1-16-4-5-17(10-24(16)44-9-8-41)26(42)37-15-20-13-22-18(14-36-20)6-7-21(38-22)23-11-19(35)12-25(39-23)40-29(32,33)27(2,30)43-28(3,31)34-40;/h4-7,10-14,41H,8-9,15H2,1-3H3,(H,37,42);. The van der Waals surface area contributed by atoms with E-state index in [0.29, 0.717) is 28.2 Å². The Morgan fingerprint density at radius 1 is 1.09 bits per heavy atom. The number of carbonyl (C=O) groups is 1. The number of benzene rings is 1. The first-order valence-corrected chi connectivity index (χ1v) is 14.7. The van der Waals surface area contributed by atoms with Gasteiger partial charge in [0, 0.05) is 71.9 Å². The van der Waals surface area contributed by atoms with E-state index < -0.39 is 22.1 Å². The molecular formula is C29H26B5FN5O3SW. The van der Waals surface area contributed by atoms with Crippen molar-refractivity contribution < 1.29 is 40.1 Å². The molecule has 0 aliphatic carbocycles. The summed E-state index contributed by atoms with van der Waals surface area (Å²) in [5, 5.41) is 9.59. The number of aryl methyl sites for hydroxylation is 1. The molecule has 45 heavy (non-hydrogen) atoms. The molecule has 1 aliphatic rings. The second-order valence-corrected chi connectivity index (χ2v) is 12.2. The van der Waals surface area contributed by atoms with Gasteiger partial charge in [-0.05, 0) is 62.0 Å². The fourth-order valence-corrected chi connectivity index (χ4v) is 5.60. The first-order chi connectivity index (χ1) is 20.7. The maximum absolute atomic E-state index is 15.0. The van der Waals surface area contributed by atoms with Crippen LogP contribution in [0, 0.1) is 12.7 Å². The molecule has 3 aromatic heterocycles. The average Bonchev–Trinajstić information content (AvgIpc) is 2.96. The molecule has 1 saturated heterocycles. The van der Waals surface area contributed by atoms with Crippen LogP contribution in [0.1, 0.15) is 35.5 Å². The molecule has 0 saturated carbocycles. The smallest absolute Gasteiger partial charge is 0.271 e. The molecule has 2 unspecified atom stereocenters. The number of hydrogen-bond donors (Lipinski definition) is 2. The molecular weight excluding hydrogens is 755 g/mol. The quantitative estimate of drug-likeness (QED) is 0.208. The number of thioether (sulfide) groups is 1. The molecule has 1 fully saturated rings. The number of aliphatic hydroxyl groups is 1. The molecule has 4 aromatic rings. The van der Waals surface area contributed by atoms with Crippen molar-refractivity contribution in [3.05, 3.63) is 77.4 Å². The number of fused-ring (bicyclic) bond motifs is 1. The van der Waals surface area contributed by atoms with Gasteiger partial charge in [0.05, 0.1) is 51.4 Å². The van der Waals surface area contributed by atoms with Crippen LogP contribution in [0.25, 0.3) is 22.3 Å². The third-order valence-electron chi connectivity index (χ3n) is 7.16. The third kappa shape index (κ3) is 7.70. The number of pyridine rings is 3. The van der Waals surface area contributed by atoms with Crippen molar-refractivity contribution in [1.82, 2.24) is 20.3 Å². The van der Waals surface area contributed by atoms with Gasteiger partial charge in [0.2, 0.25) is 0 Å². The van der Waals surface area contributed by atoms with Crippen LogP contribution >= 0.6 is 11.8 Å². The van der Waals surface area contributed by atoms with E-state index in [1.165, 1.54) is 43.0 Å². The minimum absolute atomic E-state index is 0. The summed E-state index contributed by atoms with van der Waals surface area (Å²) < 4.78 is 20.6. The summed E-state index contributed by atoms with van der Waals surface area (Å²) in [6.07, 6.45) is 1.65. The molecule has 16 heteroatoms. The monoisotopic (exact) mass is 782 g/mol. The summed E-state index contributed by atoms with van der Waals surface area (Å²) in [5.74, 6) is -0.252. The Morgan fingerprint density at radius 2 is 1.84 bits per heavy atom. The van der Waals surface area contributed by atoms with Gasteiger partial charge in [-0.3, -0.25) is 9.78 Å². The van der Waals surface area contributed by atoms with E-state index >= 15 is 0 Å². The van der Waals surface area contributed by atoms with E-state index in [1.807, 2.05) is 19.1 Å². The van der Waals surface area contributed by atoms with Gasteiger partial charge in [0.25, 0.3) is 13.3 Å². The van der Waals surface area contributed by atoms with Crippen LogP contribution < -0.4 is 10.1 Å². The summed E-state index contributed by atoms with van der Waals surface area (Å²) in [4.78, 5) is 28.8. The number of nitrogens with zero attached hydrogens (tertiary/aromatic N) is 4. The van der Waals surface area contributed by atoms with Crippen LogP contribution in [-0.4, -0.2) is 93.4 Å². The Hall–Kier alpha value is -2.59. The fourth-order valence-electron chi connectivity index (χ4n) is 4.78. The van der Waals surface area contributed by atoms with Crippen LogP contribution in [0.2, 0.25) is 0 Å². The number of nitrogens with one attached hydrogen (secondary N) is 1. The van der Waals surface area contributed by atoms with Gasteiger partial charge in [-0.2, -0.15) is 0 Å². The number of carbonyl (C=O) groups excluding carboxylic acids is 1. The molecule has 9 radical (unpaired) electrons. The number of anilines is 1. The molecule has 0 spiro atoms. The number of aliphatic hydroxyl groups excluding tert-OH is 1. The molecule has 219 valence electrons. The van der Waals surface area contributed by atoms with Crippen LogP contribution in [0.15, 0.2) is 59.6 Å². The number of hydrogen-bond acceptors (Lipinski definition) is 8. The van der Waals surface area contributed by atoms with Gasteiger partial charge in [0.1, 0.15) is 27.3 Å². The first kappa shape index (κ1) is 35.3. The van der Waals surface area contributed by atoms with Crippen molar-refractivity contribution in [2.45, 2.75) is 48.4 Å². The minimum Gasteiger partial charge on any atom is -0.411 e. The predicted molar refractivity (Wildman–Crippen MR) is 175 cm³/mol. The van der Waals surface area contributed by atoms with E-state index in [-0.39, 0.29) is 51.6 Å². The van der Waals surface area contributed by atoms with E-state index in [1.54, 1.807) is 37.4 Å². The molecule has 4 heterocycles. The zero-order valence-electron chi connectivity index (χ0n) is 25.0. The van der Waals surface area contributed by atoms with Gasteiger partial charge >= 0.3 is 0 Å². The van der Waals surface area contributed by atoms with E-state index in [2.05, 4.69) is 15.3 Å². The SMILES string of the molecule is [B]C1(C)[B]N(c2cc(F)cc(-c3ccc4cnc(CNC(=O)c5ccc(C)c(SCCO)c5)cc4n3)n2)C([B])([B])C([B])(C)O1.[W]. The summed E-state index contributed by atoms with van der Waals surface area (Å²) in [6.45, 7) is 5.21. The van der Waals surface area contributed by atoms with Gasteiger partial charge in [-0.1, -0.05) is 6.07 Å². The number of halogens is 1. The number of aromatic nitrogens is 3. The molecule has 1 aromatic carbocycles. The molecule has 0 bridgehead atoms. The van der Waals surface area contributed by atoms with Crippen molar-refractivity contribution in [2.75, 3.05) is 17.2 Å². The van der Waals surface area contributed by atoms with Crippen molar-refractivity contribution >= 4 is 73.2 Å². The number of rotatable bonds is 8. The minimum atomic E-state index is -1.82. The zero-order valence-corrected chi connectivity index (χ0v) is 28.7. The topological polar surface area (TPSA) is 100 Å². The molecule has 2 N–H and O–H groups in total. The van der Waals surface area contributed by atoms with Crippen molar-refractivity contribution in [3.8, 4) is 11.4 Å². The van der Waals surface area contributed by atoms with Crippen LogP contribution in [-0.2, 0) is 32.3 Å². The average molecular weight is 782 g/mol. The van der Waals surface area contributed by atoms with E-state index in [0.717, 1.165) is 15.8 Å². The molecule has 2 atom stereocenters. The summed E-state index contributed by atoms with van der Waals surface area (Å²) in [6, 6.07) is 13.1. The van der Waals surface area contributed by atoms with Crippen molar-refractivity contribution in [3.63, 3.8) is 0 Å². The van der Waals surface area contributed by atoms with Crippen LogP contribution in [0.5, 0.6) is 0 Å². The van der Waals surface area contributed by atoms with Gasteiger partial charge in [-0.25, -0.2) is 14.4 Å². The summed E-state index contributed by atoms with van der Waals surface area (Å²) in [5.41, 5.74) is 1.67. The fraction of sp³-hybridized carbons (Fsp3) is 0.310. The predicted octanol–water partition coefficient (Wildman–Crippen LogP) is 2.32. The number of amides is 1. The third-order valence-corrected chi connectivity index (χ3v) is 8.29. The molecule has 1 amide bonds. The Balaban J connectivity index is 0.00000461. The first-order valence-electron chi connectivity index (χ1n) is 13.8. The number of ether oxygens (including phenoxy) is 1. The largest absolute Gasteiger partial charge is 0.411 e. The molecule has 8 nitrogen and oxygen atoms in total. The van der Waals surface area contributed by atoms with Crippen LogP contribution in [0.3, 0.4) is 0 Å². The second-order valence-electron chi connectivity index (χ2n) is 11.0. The zero-order chi connectivity index (χ0) is 31.9. The summed E-state index contributed by atoms with van der Waals surface area (Å²) >= 11 is 1.49. The maximum atomic E-state index is 15.0. The second kappa shape index (κ2) is 13.6. The van der Waals surface area contributed by atoms with Gasteiger partial charge < -0.3 is 20.0 Å². The van der Waals surface area contributed by atoms with Crippen molar-refractivity contribution in [1.29, 1.82) is 0 Å². The van der Waals surface area contributed by atoms with Gasteiger partial charge in [0.15, 0.2) is 0 Å². The molecule has 5 rings (SSSR count). The van der Waals surface area contributed by atoms with E-state index in [9.17, 15) is 9.18 Å². The normalized spacial score (nSPS) is 20.7. The Kier molecular flexibility index (Phi) is 10.7.